The predicted molar refractivity (Wildman–Crippen MR) is 110 cm³/mol. The SMILES string of the molecule is COCCC1C(OC(N)=O)CCN1c1ccc(C(=O)Nc2ccccc2N)cn1. The van der Waals surface area contributed by atoms with Gasteiger partial charge >= 0.3 is 6.09 Å². The van der Waals surface area contributed by atoms with Crippen LogP contribution in [-0.4, -0.2) is 49.4 Å². The van der Waals surface area contributed by atoms with Gasteiger partial charge in [-0.2, -0.15) is 0 Å². The van der Waals surface area contributed by atoms with Crippen molar-refractivity contribution in [3.05, 3.63) is 48.2 Å². The van der Waals surface area contributed by atoms with Crippen LogP contribution in [0.5, 0.6) is 0 Å². The van der Waals surface area contributed by atoms with E-state index >= 15 is 0 Å². The van der Waals surface area contributed by atoms with Gasteiger partial charge in [-0.3, -0.25) is 4.79 Å². The number of amides is 2. The summed E-state index contributed by atoms with van der Waals surface area (Å²) in [5, 5.41) is 2.78. The second-order valence-corrected chi connectivity index (χ2v) is 6.75. The maximum Gasteiger partial charge on any atom is 0.404 e. The monoisotopic (exact) mass is 399 g/mol. The number of carbonyl (C=O) groups excluding carboxylic acids is 2. The van der Waals surface area contributed by atoms with Crippen LogP contribution in [0.1, 0.15) is 23.2 Å². The fraction of sp³-hybridized carbons (Fsp3) is 0.350. The molecule has 1 aromatic carbocycles. The molecule has 2 aromatic rings. The van der Waals surface area contributed by atoms with Crippen LogP contribution in [0.4, 0.5) is 22.0 Å². The number of ether oxygens (including phenoxy) is 2. The van der Waals surface area contributed by atoms with Crippen LogP contribution in [0, 0.1) is 0 Å². The maximum atomic E-state index is 12.5. The summed E-state index contributed by atoms with van der Waals surface area (Å²) in [5.74, 6) is 0.395. The van der Waals surface area contributed by atoms with E-state index in [-0.39, 0.29) is 18.1 Å². The summed E-state index contributed by atoms with van der Waals surface area (Å²) in [4.78, 5) is 30.1. The molecule has 29 heavy (non-hydrogen) atoms. The molecule has 3 rings (SSSR count). The average Bonchev–Trinajstić information content (AvgIpc) is 3.09. The molecule has 2 unspecified atom stereocenters. The second kappa shape index (κ2) is 9.24. The van der Waals surface area contributed by atoms with Gasteiger partial charge in [-0.15, -0.1) is 0 Å². The first-order valence-electron chi connectivity index (χ1n) is 9.33. The van der Waals surface area contributed by atoms with E-state index in [1.165, 1.54) is 6.20 Å². The fourth-order valence-electron chi connectivity index (χ4n) is 3.47. The number of benzene rings is 1. The Labute approximate surface area is 169 Å². The van der Waals surface area contributed by atoms with E-state index < -0.39 is 6.09 Å². The minimum absolute atomic E-state index is 0.0984. The summed E-state index contributed by atoms with van der Waals surface area (Å²) in [6.45, 7) is 1.17. The van der Waals surface area contributed by atoms with Gasteiger partial charge in [0.15, 0.2) is 0 Å². The highest BCUT2D eigenvalue weighted by Gasteiger charge is 2.37. The third-order valence-electron chi connectivity index (χ3n) is 4.88. The number of anilines is 3. The summed E-state index contributed by atoms with van der Waals surface area (Å²) in [6, 6.07) is 10.4. The van der Waals surface area contributed by atoms with Crippen LogP contribution in [0.3, 0.4) is 0 Å². The topological polar surface area (TPSA) is 133 Å². The van der Waals surface area contributed by atoms with Gasteiger partial charge in [0.1, 0.15) is 11.9 Å². The lowest BCUT2D eigenvalue weighted by Crippen LogP contribution is -2.39. The van der Waals surface area contributed by atoms with Crippen LogP contribution in [0.2, 0.25) is 0 Å². The van der Waals surface area contributed by atoms with Crippen molar-refractivity contribution in [2.75, 3.05) is 36.2 Å². The Kier molecular flexibility index (Phi) is 6.50. The third kappa shape index (κ3) is 4.94. The highest BCUT2D eigenvalue weighted by atomic mass is 16.6. The van der Waals surface area contributed by atoms with E-state index in [1.54, 1.807) is 43.5 Å². The highest BCUT2D eigenvalue weighted by Crippen LogP contribution is 2.28. The van der Waals surface area contributed by atoms with Gasteiger partial charge in [-0.25, -0.2) is 9.78 Å². The molecule has 2 atom stereocenters. The van der Waals surface area contributed by atoms with Crippen molar-refractivity contribution in [1.29, 1.82) is 0 Å². The van der Waals surface area contributed by atoms with Gasteiger partial charge in [0.2, 0.25) is 0 Å². The van der Waals surface area contributed by atoms with Crippen LogP contribution in [0.25, 0.3) is 0 Å². The van der Waals surface area contributed by atoms with E-state index in [1.807, 2.05) is 4.90 Å². The number of hydrogen-bond donors (Lipinski definition) is 3. The lowest BCUT2D eigenvalue weighted by atomic mass is 10.1. The number of aromatic nitrogens is 1. The first-order valence-corrected chi connectivity index (χ1v) is 9.33. The van der Waals surface area contributed by atoms with E-state index in [0.717, 1.165) is 0 Å². The first-order chi connectivity index (χ1) is 14.0. The van der Waals surface area contributed by atoms with Crippen LogP contribution < -0.4 is 21.7 Å². The number of nitrogens with zero attached hydrogens (tertiary/aromatic N) is 2. The van der Waals surface area contributed by atoms with Crippen LogP contribution >= 0.6 is 0 Å². The minimum Gasteiger partial charge on any atom is -0.444 e. The number of carbonyl (C=O) groups is 2. The summed E-state index contributed by atoms with van der Waals surface area (Å²) < 4.78 is 10.4. The number of methoxy groups -OCH3 is 1. The number of hydrogen-bond acceptors (Lipinski definition) is 7. The Bertz CT molecular complexity index is 858. The van der Waals surface area contributed by atoms with Crippen molar-refractivity contribution in [1.82, 2.24) is 4.98 Å². The molecule has 9 heteroatoms. The average molecular weight is 399 g/mol. The highest BCUT2D eigenvalue weighted by molar-refractivity contribution is 6.05. The normalized spacial score (nSPS) is 18.4. The number of pyridine rings is 1. The molecule has 9 nitrogen and oxygen atoms in total. The molecule has 0 spiro atoms. The van der Waals surface area contributed by atoms with Crippen molar-refractivity contribution in [3.8, 4) is 0 Å². The van der Waals surface area contributed by atoms with Gasteiger partial charge in [0.05, 0.1) is 23.0 Å². The first kappa shape index (κ1) is 20.4. The smallest absolute Gasteiger partial charge is 0.404 e. The Balaban J connectivity index is 1.72. The number of para-hydroxylation sites is 2. The molecule has 2 heterocycles. The van der Waals surface area contributed by atoms with Gasteiger partial charge in [0, 0.05) is 32.9 Å². The molecular weight excluding hydrogens is 374 g/mol. The van der Waals surface area contributed by atoms with Crippen molar-refractivity contribution < 1.29 is 19.1 Å². The minimum atomic E-state index is -0.792. The van der Waals surface area contributed by atoms with E-state index in [4.69, 9.17) is 20.9 Å². The molecule has 0 saturated carbocycles. The molecule has 0 bridgehead atoms. The number of nitrogen functional groups attached to an aromatic ring is 1. The molecule has 154 valence electrons. The van der Waals surface area contributed by atoms with Crippen molar-refractivity contribution in [3.63, 3.8) is 0 Å². The van der Waals surface area contributed by atoms with E-state index in [9.17, 15) is 9.59 Å². The fourth-order valence-corrected chi connectivity index (χ4v) is 3.47. The quantitative estimate of drug-likeness (QED) is 0.606. The molecule has 1 aliphatic heterocycles. The Hall–Kier alpha value is -3.33. The lowest BCUT2D eigenvalue weighted by molar-refractivity contribution is 0.0902. The molecular formula is C20H25N5O4. The van der Waals surface area contributed by atoms with Crippen molar-refractivity contribution in [2.24, 2.45) is 5.73 Å². The van der Waals surface area contributed by atoms with Crippen molar-refractivity contribution in [2.45, 2.75) is 25.0 Å². The zero-order chi connectivity index (χ0) is 20.8. The number of rotatable bonds is 7. The third-order valence-corrected chi connectivity index (χ3v) is 4.88. The molecule has 0 radical (unpaired) electrons. The van der Waals surface area contributed by atoms with Crippen LogP contribution in [-0.2, 0) is 9.47 Å². The van der Waals surface area contributed by atoms with Gasteiger partial charge in [0.25, 0.3) is 5.91 Å². The van der Waals surface area contributed by atoms with E-state index in [0.29, 0.717) is 48.7 Å². The summed E-state index contributed by atoms with van der Waals surface area (Å²) >= 11 is 0. The van der Waals surface area contributed by atoms with Gasteiger partial charge < -0.3 is 31.2 Å². The van der Waals surface area contributed by atoms with Gasteiger partial charge in [-0.05, 0) is 30.7 Å². The van der Waals surface area contributed by atoms with Crippen molar-refractivity contribution >= 4 is 29.2 Å². The van der Waals surface area contributed by atoms with E-state index in [2.05, 4.69) is 10.3 Å². The molecule has 1 aliphatic rings. The zero-order valence-electron chi connectivity index (χ0n) is 16.2. The second-order valence-electron chi connectivity index (χ2n) is 6.75. The number of nitrogens with two attached hydrogens (primary N) is 2. The zero-order valence-corrected chi connectivity index (χ0v) is 16.2. The standard InChI is InChI=1S/C20H25N5O4/c1-28-11-9-16-17(29-20(22)27)8-10-25(16)18-7-6-13(12-23-18)19(26)24-15-5-3-2-4-14(15)21/h2-7,12,16-17H,8-11,21H2,1H3,(H2,22,27)(H,24,26). The Morgan fingerprint density at radius 3 is 2.72 bits per heavy atom. The molecule has 2 amide bonds. The number of primary amides is 1. The summed E-state index contributed by atoms with van der Waals surface area (Å²) in [7, 11) is 1.62. The molecule has 1 fully saturated rings. The predicted octanol–water partition coefficient (Wildman–Crippen LogP) is 2.00. The van der Waals surface area contributed by atoms with Gasteiger partial charge in [-0.1, -0.05) is 12.1 Å². The summed E-state index contributed by atoms with van der Waals surface area (Å²) in [5.41, 5.74) is 12.5. The molecule has 5 N–H and O–H groups in total. The number of nitrogens with one attached hydrogen (secondary N) is 1. The summed E-state index contributed by atoms with van der Waals surface area (Å²) in [6.07, 6.45) is 1.70. The maximum absolute atomic E-state index is 12.5. The Morgan fingerprint density at radius 2 is 2.07 bits per heavy atom. The lowest BCUT2D eigenvalue weighted by Gasteiger charge is -2.28. The Morgan fingerprint density at radius 1 is 1.28 bits per heavy atom. The molecule has 1 aromatic heterocycles. The van der Waals surface area contributed by atoms with Crippen LogP contribution in [0.15, 0.2) is 42.6 Å². The molecule has 1 saturated heterocycles. The molecule has 0 aliphatic carbocycles. The largest absolute Gasteiger partial charge is 0.444 e.